The van der Waals surface area contributed by atoms with Gasteiger partial charge < -0.3 is 14.6 Å². The van der Waals surface area contributed by atoms with Gasteiger partial charge in [-0.05, 0) is 43.7 Å². The highest BCUT2D eigenvalue weighted by molar-refractivity contribution is 5.91. The molecule has 132 valence electrons. The van der Waals surface area contributed by atoms with Gasteiger partial charge >= 0.3 is 5.97 Å². The van der Waals surface area contributed by atoms with Crippen molar-refractivity contribution in [3.05, 3.63) is 24.0 Å². The number of anilines is 1. The average Bonchev–Trinajstić information content (AvgIpc) is 3.03. The Morgan fingerprint density at radius 3 is 3.04 bits per heavy atom. The average molecular weight is 340 g/mol. The Hall–Kier alpha value is -2.55. The molecular weight excluding hydrogens is 316 g/mol. The number of aromatic amines is 1. The molecule has 25 heavy (non-hydrogen) atoms. The minimum atomic E-state index is -0.412. The molecule has 0 amide bonds. The Labute approximate surface area is 147 Å². The number of pyridine rings is 1. The van der Waals surface area contributed by atoms with Crippen molar-refractivity contribution in [1.29, 1.82) is 5.26 Å². The molecular formula is C19H24N4O2. The second-order valence-corrected chi connectivity index (χ2v) is 6.95. The molecule has 1 saturated carbocycles. The summed E-state index contributed by atoms with van der Waals surface area (Å²) < 4.78 is 5.42. The zero-order chi connectivity index (χ0) is 18.0. The number of rotatable bonds is 4. The molecule has 2 aromatic heterocycles. The van der Waals surface area contributed by atoms with E-state index in [4.69, 9.17) is 10.00 Å². The number of ether oxygens (including phenoxy) is 1. The van der Waals surface area contributed by atoms with Gasteiger partial charge in [0, 0.05) is 30.9 Å². The van der Waals surface area contributed by atoms with Crippen LogP contribution in [0.15, 0.2) is 18.5 Å². The first-order valence-corrected chi connectivity index (χ1v) is 8.73. The minimum absolute atomic E-state index is 0.0775. The Balaban J connectivity index is 1.74. The molecule has 3 rings (SSSR count). The fourth-order valence-corrected chi connectivity index (χ4v) is 4.03. The number of aryl methyl sites for hydroxylation is 1. The number of nitrogens with zero attached hydrogens (tertiary/aromatic N) is 3. The van der Waals surface area contributed by atoms with Gasteiger partial charge in [0.15, 0.2) is 0 Å². The van der Waals surface area contributed by atoms with Crippen molar-refractivity contribution in [2.24, 2.45) is 5.92 Å². The second kappa shape index (κ2) is 7.14. The molecule has 0 bridgehead atoms. The number of hydrogen-bond donors (Lipinski definition) is 1. The molecule has 0 saturated heterocycles. The van der Waals surface area contributed by atoms with Crippen LogP contribution in [0.3, 0.4) is 0 Å². The van der Waals surface area contributed by atoms with E-state index in [2.05, 4.69) is 41.8 Å². The molecule has 1 N–H and O–H groups in total. The zero-order valence-corrected chi connectivity index (χ0v) is 15.0. The summed E-state index contributed by atoms with van der Waals surface area (Å²) >= 11 is 0. The zero-order valence-electron chi connectivity index (χ0n) is 15.0. The van der Waals surface area contributed by atoms with Gasteiger partial charge in [0.2, 0.25) is 0 Å². The van der Waals surface area contributed by atoms with Crippen LogP contribution < -0.4 is 4.90 Å². The molecule has 2 heterocycles. The molecule has 2 aromatic rings. The van der Waals surface area contributed by atoms with E-state index >= 15 is 0 Å². The highest BCUT2D eigenvalue weighted by Gasteiger charge is 2.33. The van der Waals surface area contributed by atoms with E-state index in [9.17, 15) is 4.79 Å². The van der Waals surface area contributed by atoms with Crippen molar-refractivity contribution < 1.29 is 9.53 Å². The highest BCUT2D eigenvalue weighted by atomic mass is 16.5. The number of esters is 1. The molecule has 6 heteroatoms. The van der Waals surface area contributed by atoms with E-state index in [1.807, 2.05) is 18.5 Å². The third-order valence-corrected chi connectivity index (χ3v) is 5.19. The van der Waals surface area contributed by atoms with E-state index in [0.29, 0.717) is 12.0 Å². The first-order valence-electron chi connectivity index (χ1n) is 8.73. The normalized spacial score (nSPS) is 23.2. The summed E-state index contributed by atoms with van der Waals surface area (Å²) in [5.74, 6) is -0.0225. The molecule has 1 aliphatic rings. The van der Waals surface area contributed by atoms with E-state index in [1.165, 1.54) is 5.69 Å². The topological polar surface area (TPSA) is 82.0 Å². The lowest BCUT2D eigenvalue weighted by Gasteiger charge is -2.41. The lowest BCUT2D eigenvalue weighted by molar-refractivity contribution is -0.150. The number of hydrogen-bond acceptors (Lipinski definition) is 5. The van der Waals surface area contributed by atoms with Gasteiger partial charge in [-0.15, -0.1) is 0 Å². The Morgan fingerprint density at radius 1 is 1.52 bits per heavy atom. The van der Waals surface area contributed by atoms with Crippen molar-refractivity contribution in [3.8, 4) is 6.07 Å². The van der Waals surface area contributed by atoms with Crippen molar-refractivity contribution in [3.63, 3.8) is 0 Å². The first kappa shape index (κ1) is 17.3. The van der Waals surface area contributed by atoms with E-state index in [-0.39, 0.29) is 12.5 Å². The molecule has 1 fully saturated rings. The quantitative estimate of drug-likeness (QED) is 0.863. The Morgan fingerprint density at radius 2 is 2.32 bits per heavy atom. The van der Waals surface area contributed by atoms with Crippen LogP contribution in [0.5, 0.6) is 0 Å². The Bertz CT molecular complexity index is 807. The van der Waals surface area contributed by atoms with Crippen molar-refractivity contribution in [1.82, 2.24) is 9.97 Å². The lowest BCUT2D eigenvalue weighted by atomic mass is 9.82. The largest absolute Gasteiger partial charge is 0.462 e. The molecule has 0 aliphatic heterocycles. The first-order chi connectivity index (χ1) is 12.0. The van der Waals surface area contributed by atoms with Crippen LogP contribution in [-0.2, 0) is 9.53 Å². The molecule has 0 spiro atoms. The fraction of sp³-hybridized carbons (Fsp3) is 0.526. The maximum Gasteiger partial charge on any atom is 0.320 e. The summed E-state index contributed by atoms with van der Waals surface area (Å²) in [6.45, 7) is 4.29. The fourth-order valence-electron chi connectivity index (χ4n) is 4.03. The molecule has 1 aliphatic carbocycles. The standard InChI is InChI=1S/C19H24N4O2/c1-12-10-14(25-17(24)6-8-20)4-5-16(12)23(3)18-13(2)11-22-19-15(18)7-9-21-19/h7,9,11-12,14,16H,4-6,10H2,1-3H3,(H,21,22). The SMILES string of the molecule is Cc1cnc2[nH]ccc2c1N(C)C1CCC(OC(=O)CC#N)CC1C. The smallest absolute Gasteiger partial charge is 0.320 e. The predicted molar refractivity (Wildman–Crippen MR) is 96.1 cm³/mol. The van der Waals surface area contributed by atoms with Gasteiger partial charge in [0.1, 0.15) is 18.2 Å². The number of nitrogens with one attached hydrogen (secondary N) is 1. The number of nitriles is 1. The summed E-state index contributed by atoms with van der Waals surface area (Å²) in [5, 5.41) is 9.72. The Kier molecular flexibility index (Phi) is 4.93. The summed E-state index contributed by atoms with van der Waals surface area (Å²) in [6.07, 6.45) is 6.19. The highest BCUT2D eigenvalue weighted by Crippen LogP contribution is 2.36. The lowest BCUT2D eigenvalue weighted by Crippen LogP contribution is -2.43. The van der Waals surface area contributed by atoms with Gasteiger partial charge in [-0.3, -0.25) is 4.79 Å². The molecule has 0 radical (unpaired) electrons. The van der Waals surface area contributed by atoms with Crippen LogP contribution in [0, 0.1) is 24.2 Å². The summed E-state index contributed by atoms with van der Waals surface area (Å²) in [5.41, 5.74) is 3.27. The number of H-pyrrole nitrogens is 1. The van der Waals surface area contributed by atoms with E-state index in [0.717, 1.165) is 35.9 Å². The van der Waals surface area contributed by atoms with Crippen LogP contribution in [-0.4, -0.2) is 35.1 Å². The van der Waals surface area contributed by atoms with Gasteiger partial charge in [-0.25, -0.2) is 4.98 Å². The molecule has 3 unspecified atom stereocenters. The summed E-state index contributed by atoms with van der Waals surface area (Å²) in [6, 6.07) is 4.30. The second-order valence-electron chi connectivity index (χ2n) is 6.95. The van der Waals surface area contributed by atoms with Gasteiger partial charge in [0.05, 0.1) is 11.8 Å². The maximum absolute atomic E-state index is 11.6. The van der Waals surface area contributed by atoms with Crippen LogP contribution in [0.2, 0.25) is 0 Å². The van der Waals surface area contributed by atoms with Crippen LogP contribution in [0.4, 0.5) is 5.69 Å². The summed E-state index contributed by atoms with van der Waals surface area (Å²) in [4.78, 5) is 21.5. The van der Waals surface area contributed by atoms with E-state index < -0.39 is 5.97 Å². The van der Waals surface area contributed by atoms with Gasteiger partial charge in [-0.2, -0.15) is 5.26 Å². The van der Waals surface area contributed by atoms with E-state index in [1.54, 1.807) is 0 Å². The van der Waals surface area contributed by atoms with Crippen molar-refractivity contribution in [2.45, 2.75) is 51.7 Å². The molecule has 3 atom stereocenters. The minimum Gasteiger partial charge on any atom is -0.462 e. The number of fused-ring (bicyclic) bond motifs is 1. The number of aromatic nitrogens is 2. The molecule has 0 aromatic carbocycles. The summed E-state index contributed by atoms with van der Waals surface area (Å²) in [7, 11) is 2.14. The van der Waals surface area contributed by atoms with Gasteiger partial charge in [-0.1, -0.05) is 6.92 Å². The third-order valence-electron chi connectivity index (χ3n) is 5.19. The van der Waals surface area contributed by atoms with Gasteiger partial charge in [0.25, 0.3) is 0 Å². The third kappa shape index (κ3) is 3.46. The van der Waals surface area contributed by atoms with Crippen LogP contribution in [0.1, 0.15) is 38.2 Å². The van der Waals surface area contributed by atoms with Crippen LogP contribution >= 0.6 is 0 Å². The molecule has 6 nitrogen and oxygen atoms in total. The van der Waals surface area contributed by atoms with Crippen LogP contribution in [0.25, 0.3) is 11.0 Å². The van der Waals surface area contributed by atoms with Crippen molar-refractivity contribution >= 4 is 22.7 Å². The monoisotopic (exact) mass is 340 g/mol. The van der Waals surface area contributed by atoms with Crippen molar-refractivity contribution in [2.75, 3.05) is 11.9 Å². The number of carbonyl (C=O) groups is 1. The predicted octanol–water partition coefficient (Wildman–Crippen LogP) is 3.32. The maximum atomic E-state index is 11.6. The number of carbonyl (C=O) groups excluding carboxylic acids is 1.